The fraction of sp³-hybridized carbons (Fsp3) is 0.594. The minimum absolute atomic E-state index is 0.100. The van der Waals surface area contributed by atoms with Crippen LogP contribution in [0.2, 0.25) is 0 Å². The Kier molecular flexibility index (Phi) is 9.45. The summed E-state index contributed by atoms with van der Waals surface area (Å²) in [5.41, 5.74) is 0.940. The van der Waals surface area contributed by atoms with E-state index in [4.69, 9.17) is 9.47 Å². The Morgan fingerprint density at radius 2 is 1.76 bits per heavy atom. The van der Waals surface area contributed by atoms with Gasteiger partial charge in [-0.25, -0.2) is 0 Å². The summed E-state index contributed by atoms with van der Waals surface area (Å²) in [5.74, 6) is 1.58. The van der Waals surface area contributed by atoms with Crippen molar-refractivity contribution < 1.29 is 28.2 Å². The molecule has 2 fully saturated rings. The van der Waals surface area contributed by atoms with Crippen molar-refractivity contribution >= 4 is 5.78 Å². The Morgan fingerprint density at radius 3 is 2.34 bits per heavy atom. The normalized spacial score (nSPS) is 25.1. The number of carbonyl (C=O) groups is 1. The van der Waals surface area contributed by atoms with Crippen molar-refractivity contribution in [1.82, 2.24) is 0 Å². The van der Waals surface area contributed by atoms with Gasteiger partial charge in [0.15, 0.2) is 5.78 Å². The molecule has 2 aliphatic rings. The van der Waals surface area contributed by atoms with E-state index in [0.717, 1.165) is 56.3 Å². The second-order valence-electron chi connectivity index (χ2n) is 11.3. The average Bonchev–Trinajstić information content (AvgIpc) is 2.93. The van der Waals surface area contributed by atoms with E-state index in [0.29, 0.717) is 23.9 Å². The van der Waals surface area contributed by atoms with Crippen LogP contribution in [0, 0.1) is 17.8 Å². The molecule has 6 heteroatoms. The fourth-order valence-electron chi connectivity index (χ4n) is 6.29. The molecular weight excluding hydrogens is 486 g/mol. The summed E-state index contributed by atoms with van der Waals surface area (Å²) in [6, 6.07) is 10.1. The van der Waals surface area contributed by atoms with E-state index in [1.54, 1.807) is 19.1 Å². The number of hydrogen-bond donors (Lipinski definition) is 1. The largest absolute Gasteiger partial charge is 0.507 e. The van der Waals surface area contributed by atoms with Gasteiger partial charge in [0.05, 0.1) is 23.8 Å². The van der Waals surface area contributed by atoms with E-state index < -0.39 is 6.11 Å². The maximum atomic E-state index is 14.9. The zero-order valence-corrected chi connectivity index (χ0v) is 22.9. The third-order valence-corrected chi connectivity index (χ3v) is 8.75. The molecule has 208 valence electrons. The second-order valence-corrected chi connectivity index (χ2v) is 11.3. The fourth-order valence-corrected chi connectivity index (χ4v) is 6.29. The van der Waals surface area contributed by atoms with Crippen molar-refractivity contribution in [2.75, 3.05) is 6.61 Å². The first-order valence-corrected chi connectivity index (χ1v) is 14.4. The number of phenols is 1. The van der Waals surface area contributed by atoms with E-state index in [1.165, 1.54) is 43.5 Å². The van der Waals surface area contributed by atoms with Gasteiger partial charge in [-0.15, -0.1) is 0 Å². The number of aromatic hydroxyl groups is 1. The van der Waals surface area contributed by atoms with Crippen LogP contribution in [0.4, 0.5) is 8.78 Å². The molecule has 1 heterocycles. The third kappa shape index (κ3) is 6.74. The lowest BCUT2D eigenvalue weighted by atomic mass is 9.74. The first kappa shape index (κ1) is 28.5. The Labute approximate surface area is 225 Å². The molecule has 0 spiro atoms. The lowest BCUT2D eigenvalue weighted by molar-refractivity contribution is -0.185. The van der Waals surface area contributed by atoms with Gasteiger partial charge >= 0.3 is 6.11 Å². The number of benzene rings is 2. The second kappa shape index (κ2) is 12.6. The number of ether oxygens (including phenoxy) is 2. The van der Waals surface area contributed by atoms with Crippen molar-refractivity contribution in [3.63, 3.8) is 0 Å². The van der Waals surface area contributed by atoms with Crippen molar-refractivity contribution in [2.24, 2.45) is 17.8 Å². The smallest absolute Gasteiger partial charge is 0.426 e. The average molecular weight is 529 g/mol. The minimum atomic E-state index is -3.57. The first-order valence-electron chi connectivity index (χ1n) is 14.4. The zero-order chi connectivity index (χ0) is 27.3. The Morgan fingerprint density at radius 1 is 1.05 bits per heavy atom. The number of phenolic OH excluding ortho intramolecular Hbond substituents is 1. The van der Waals surface area contributed by atoms with Gasteiger partial charge in [0.1, 0.15) is 11.5 Å². The summed E-state index contributed by atoms with van der Waals surface area (Å²) in [7, 11) is 0. The van der Waals surface area contributed by atoms with Gasteiger partial charge in [0.2, 0.25) is 0 Å². The molecule has 2 aromatic rings. The monoisotopic (exact) mass is 528 g/mol. The van der Waals surface area contributed by atoms with Crippen LogP contribution >= 0.6 is 0 Å². The molecule has 0 radical (unpaired) electrons. The van der Waals surface area contributed by atoms with Crippen LogP contribution < -0.4 is 4.74 Å². The van der Waals surface area contributed by atoms with E-state index in [-0.39, 0.29) is 34.8 Å². The van der Waals surface area contributed by atoms with Crippen molar-refractivity contribution in [1.29, 1.82) is 0 Å². The molecule has 1 aliphatic carbocycles. The summed E-state index contributed by atoms with van der Waals surface area (Å²) in [5, 5.41) is 10.0. The minimum Gasteiger partial charge on any atom is -0.507 e. The van der Waals surface area contributed by atoms with Gasteiger partial charge in [-0.1, -0.05) is 45.7 Å². The summed E-state index contributed by atoms with van der Waals surface area (Å²) >= 11 is 0. The van der Waals surface area contributed by atoms with Crippen LogP contribution in [-0.4, -0.2) is 23.6 Å². The van der Waals surface area contributed by atoms with Crippen LogP contribution in [0.15, 0.2) is 42.5 Å². The highest BCUT2D eigenvalue weighted by atomic mass is 19.3. The Bertz CT molecular complexity index is 1050. The SMILES string of the molecule is CCCC(C)C1CCC(C2CCC(c3ccc(C(F)(F)Oc4ccc(C(=O)CC)c(O)c4)cc3)CC2)OC1. The van der Waals surface area contributed by atoms with E-state index in [1.807, 2.05) is 0 Å². The van der Waals surface area contributed by atoms with Crippen molar-refractivity contribution in [2.45, 2.75) is 96.7 Å². The maximum Gasteiger partial charge on any atom is 0.426 e. The van der Waals surface area contributed by atoms with Crippen LogP contribution in [0.1, 0.15) is 106 Å². The highest BCUT2D eigenvalue weighted by Gasteiger charge is 2.36. The lowest BCUT2D eigenvalue weighted by Crippen LogP contribution is -2.35. The number of ketones is 1. The van der Waals surface area contributed by atoms with Gasteiger partial charge in [-0.3, -0.25) is 4.79 Å². The van der Waals surface area contributed by atoms with Crippen LogP contribution in [0.3, 0.4) is 0 Å². The number of Topliss-reactive ketones (excluding diaryl/α,β-unsaturated/α-hetero) is 1. The summed E-state index contributed by atoms with van der Waals surface area (Å²) in [6.07, 6.45) is 6.29. The predicted molar refractivity (Wildman–Crippen MR) is 145 cm³/mol. The molecular formula is C32H42F2O4. The molecule has 38 heavy (non-hydrogen) atoms. The molecule has 1 saturated heterocycles. The molecule has 2 aromatic carbocycles. The van der Waals surface area contributed by atoms with Gasteiger partial charge in [0.25, 0.3) is 0 Å². The molecule has 4 nitrogen and oxygen atoms in total. The Balaban J connectivity index is 1.29. The maximum absolute atomic E-state index is 14.9. The van der Waals surface area contributed by atoms with Crippen molar-refractivity contribution in [3.05, 3.63) is 59.2 Å². The third-order valence-electron chi connectivity index (χ3n) is 8.75. The number of carbonyl (C=O) groups excluding carboxylic acids is 1. The number of alkyl halides is 2. The summed E-state index contributed by atoms with van der Waals surface area (Å²) < 4.78 is 41.0. The molecule has 0 aromatic heterocycles. The molecule has 3 unspecified atom stereocenters. The van der Waals surface area contributed by atoms with Gasteiger partial charge in [-0.05, 0) is 92.0 Å². The standard InChI is InChI=1S/C32H42F2O4/c1-4-6-21(3)25-13-18-31(37-20-25)24-9-7-22(8-10-24)23-11-14-26(15-12-23)32(33,34)38-27-16-17-28(29(35)5-2)30(36)19-27/h11-12,14-17,19,21-22,24-25,31,36H,4-10,13,18,20H2,1-3H3. The zero-order valence-electron chi connectivity index (χ0n) is 22.9. The molecule has 3 atom stereocenters. The highest BCUT2D eigenvalue weighted by molar-refractivity contribution is 5.98. The van der Waals surface area contributed by atoms with Crippen molar-refractivity contribution in [3.8, 4) is 11.5 Å². The van der Waals surface area contributed by atoms with Gasteiger partial charge in [-0.2, -0.15) is 8.78 Å². The van der Waals surface area contributed by atoms with E-state index >= 15 is 0 Å². The number of halogens is 2. The van der Waals surface area contributed by atoms with Crippen LogP contribution in [-0.2, 0) is 10.8 Å². The van der Waals surface area contributed by atoms with Crippen LogP contribution in [0.5, 0.6) is 11.5 Å². The Hall–Kier alpha value is -2.47. The highest BCUT2D eigenvalue weighted by Crippen LogP contribution is 2.42. The topological polar surface area (TPSA) is 55.8 Å². The summed E-state index contributed by atoms with van der Waals surface area (Å²) in [6.45, 7) is 7.17. The molecule has 0 bridgehead atoms. The van der Waals surface area contributed by atoms with Gasteiger partial charge < -0.3 is 14.6 Å². The molecule has 1 saturated carbocycles. The molecule has 4 rings (SSSR count). The quantitative estimate of drug-likeness (QED) is 0.314. The summed E-state index contributed by atoms with van der Waals surface area (Å²) in [4.78, 5) is 11.8. The van der Waals surface area contributed by atoms with Crippen LogP contribution in [0.25, 0.3) is 0 Å². The molecule has 1 N–H and O–H groups in total. The molecule has 1 aliphatic heterocycles. The lowest BCUT2D eigenvalue weighted by Gasteiger charge is -2.39. The first-order chi connectivity index (χ1) is 18.2. The van der Waals surface area contributed by atoms with E-state index in [2.05, 4.69) is 13.8 Å². The number of rotatable bonds is 10. The van der Waals surface area contributed by atoms with E-state index in [9.17, 15) is 18.7 Å². The number of hydrogen-bond acceptors (Lipinski definition) is 4. The van der Waals surface area contributed by atoms with Gasteiger partial charge in [0, 0.05) is 12.5 Å². The predicted octanol–water partition coefficient (Wildman–Crippen LogP) is 8.62. The molecule has 0 amide bonds.